The molecule has 1 N–H and O–H groups in total. The first-order valence-electron chi connectivity index (χ1n) is 6.86. The second kappa shape index (κ2) is 7.47. The van der Waals surface area contributed by atoms with E-state index in [0.29, 0.717) is 5.75 Å². The van der Waals surface area contributed by atoms with E-state index in [-0.39, 0.29) is 11.5 Å². The Labute approximate surface area is 155 Å². The number of nitrogens with one attached hydrogen (secondary N) is 1. The lowest BCUT2D eigenvalue weighted by molar-refractivity contribution is -0.120. The minimum absolute atomic E-state index is 0.176. The highest BCUT2D eigenvalue weighted by Crippen LogP contribution is 2.27. The first kappa shape index (κ1) is 19.3. The molecular weight excluding hydrogens is 399 g/mol. The molecule has 0 saturated carbocycles. The van der Waals surface area contributed by atoms with Gasteiger partial charge in [0, 0.05) is 6.21 Å². The molecule has 0 aromatic heterocycles. The molecule has 1 aliphatic rings. The van der Waals surface area contributed by atoms with Crippen LogP contribution in [-0.4, -0.2) is 55.0 Å². The lowest BCUT2D eigenvalue weighted by Crippen LogP contribution is -2.46. The Balaban J connectivity index is 2.13. The summed E-state index contributed by atoms with van der Waals surface area (Å²) >= 11 is 16.5. The van der Waals surface area contributed by atoms with Crippen LogP contribution < -0.4 is 10.1 Å². The molecule has 1 fully saturated rings. The number of benzene rings is 1. The van der Waals surface area contributed by atoms with Crippen LogP contribution in [0.3, 0.4) is 0 Å². The number of hydrogen-bond acceptors (Lipinski definition) is 5. The van der Waals surface area contributed by atoms with Gasteiger partial charge in [-0.3, -0.25) is 9.79 Å². The number of methoxy groups -OCH3 is 1. The summed E-state index contributed by atoms with van der Waals surface area (Å²) in [5, 5.41) is 2.43. The van der Waals surface area contributed by atoms with Gasteiger partial charge in [-0.05, 0) is 29.8 Å². The Hall–Kier alpha value is -1.02. The molecule has 1 heterocycles. The smallest absolute Gasteiger partial charge is 0.272 e. The van der Waals surface area contributed by atoms with Crippen LogP contribution in [0.15, 0.2) is 29.3 Å². The van der Waals surface area contributed by atoms with Gasteiger partial charge in [-0.1, -0.05) is 34.8 Å². The maximum atomic E-state index is 11.8. The van der Waals surface area contributed by atoms with Crippen LogP contribution in [0.25, 0.3) is 0 Å². The molecule has 1 aromatic carbocycles. The number of sulfone groups is 1. The van der Waals surface area contributed by atoms with E-state index < -0.39 is 31.6 Å². The maximum Gasteiger partial charge on any atom is 0.272 e. The summed E-state index contributed by atoms with van der Waals surface area (Å²) in [5.74, 6) is -0.600. The predicted molar refractivity (Wildman–Crippen MR) is 95.3 cm³/mol. The summed E-state index contributed by atoms with van der Waals surface area (Å²) in [6.45, 7) is 0. The van der Waals surface area contributed by atoms with Crippen molar-refractivity contribution in [3.63, 3.8) is 0 Å². The molecule has 1 saturated heterocycles. The largest absolute Gasteiger partial charge is 0.497 e. The van der Waals surface area contributed by atoms with Crippen molar-refractivity contribution < 1.29 is 17.9 Å². The maximum absolute atomic E-state index is 11.8. The number of halogens is 3. The normalized spacial score (nSPS) is 23.3. The van der Waals surface area contributed by atoms with Crippen LogP contribution in [0.2, 0.25) is 0 Å². The standard InChI is InChI=1S/C14H15Cl3N2O4S/c1-23-10-4-2-9(3-5-10)6-18-11-7-24(21,22)8-12(11)19-13(20)14(15,16)17/h2-6,11-12H,7-8H2,1H3,(H,19,20)/t11-,12-/m0/s1. The fourth-order valence-electron chi connectivity index (χ4n) is 2.24. The summed E-state index contributed by atoms with van der Waals surface area (Å²) in [4.78, 5) is 16.0. The van der Waals surface area contributed by atoms with Crippen molar-refractivity contribution in [2.45, 2.75) is 15.9 Å². The van der Waals surface area contributed by atoms with Crippen molar-refractivity contribution in [3.8, 4) is 5.75 Å². The quantitative estimate of drug-likeness (QED) is 0.602. The van der Waals surface area contributed by atoms with Crippen LogP contribution in [0, 0.1) is 0 Å². The number of aliphatic imine (C=N–C) groups is 1. The van der Waals surface area contributed by atoms with Gasteiger partial charge in [0.2, 0.25) is 0 Å². The molecule has 2 rings (SSSR count). The average molecular weight is 414 g/mol. The van der Waals surface area contributed by atoms with Crippen molar-refractivity contribution in [1.82, 2.24) is 5.32 Å². The summed E-state index contributed by atoms with van der Waals surface area (Å²) < 4.78 is 26.6. The average Bonchev–Trinajstić information content (AvgIpc) is 2.78. The van der Waals surface area contributed by atoms with Gasteiger partial charge in [-0.15, -0.1) is 0 Å². The van der Waals surface area contributed by atoms with Gasteiger partial charge >= 0.3 is 0 Å². The Morgan fingerprint density at radius 1 is 1.29 bits per heavy atom. The van der Waals surface area contributed by atoms with Crippen molar-refractivity contribution in [2.24, 2.45) is 4.99 Å². The first-order valence-corrected chi connectivity index (χ1v) is 9.81. The molecule has 0 bridgehead atoms. The molecule has 6 nitrogen and oxygen atoms in total. The molecule has 2 atom stereocenters. The van der Waals surface area contributed by atoms with E-state index in [0.717, 1.165) is 5.56 Å². The zero-order valence-corrected chi connectivity index (χ0v) is 15.7. The third-order valence-corrected chi connectivity index (χ3v) is 5.66. The van der Waals surface area contributed by atoms with Gasteiger partial charge in [-0.25, -0.2) is 8.42 Å². The minimum atomic E-state index is -3.33. The van der Waals surface area contributed by atoms with Gasteiger partial charge in [-0.2, -0.15) is 0 Å². The molecule has 1 aromatic rings. The third kappa shape index (κ3) is 5.24. The Morgan fingerprint density at radius 2 is 1.92 bits per heavy atom. The second-order valence-electron chi connectivity index (χ2n) is 5.27. The fraction of sp³-hybridized carbons (Fsp3) is 0.429. The Morgan fingerprint density at radius 3 is 2.46 bits per heavy atom. The van der Waals surface area contributed by atoms with Gasteiger partial charge in [0.1, 0.15) is 5.75 Å². The minimum Gasteiger partial charge on any atom is -0.497 e. The zero-order chi connectivity index (χ0) is 18.0. The number of rotatable bonds is 4. The predicted octanol–water partition coefficient (Wildman–Crippen LogP) is 1.77. The molecule has 0 aliphatic carbocycles. The van der Waals surface area contributed by atoms with Crippen molar-refractivity contribution in [3.05, 3.63) is 29.8 Å². The van der Waals surface area contributed by atoms with E-state index in [4.69, 9.17) is 39.5 Å². The van der Waals surface area contributed by atoms with Crippen LogP contribution in [0.1, 0.15) is 5.56 Å². The highest BCUT2D eigenvalue weighted by Gasteiger charge is 2.41. The van der Waals surface area contributed by atoms with E-state index in [1.54, 1.807) is 37.6 Å². The number of nitrogens with zero attached hydrogens (tertiary/aromatic N) is 1. The molecule has 132 valence electrons. The molecule has 24 heavy (non-hydrogen) atoms. The first-order chi connectivity index (χ1) is 11.1. The Kier molecular flexibility index (Phi) is 6.01. The molecule has 1 amide bonds. The topological polar surface area (TPSA) is 84.8 Å². The van der Waals surface area contributed by atoms with Gasteiger partial charge < -0.3 is 10.1 Å². The van der Waals surface area contributed by atoms with Gasteiger partial charge in [0.15, 0.2) is 9.84 Å². The second-order valence-corrected chi connectivity index (χ2v) is 9.71. The summed E-state index contributed by atoms with van der Waals surface area (Å²) in [7, 11) is -1.77. The molecule has 0 spiro atoms. The van der Waals surface area contributed by atoms with E-state index in [1.807, 2.05) is 0 Å². The van der Waals surface area contributed by atoms with Crippen molar-refractivity contribution >= 4 is 56.8 Å². The van der Waals surface area contributed by atoms with E-state index in [9.17, 15) is 13.2 Å². The van der Waals surface area contributed by atoms with E-state index >= 15 is 0 Å². The molecule has 0 radical (unpaired) electrons. The molecular formula is C14H15Cl3N2O4S. The van der Waals surface area contributed by atoms with Crippen LogP contribution in [0.4, 0.5) is 0 Å². The SMILES string of the molecule is COc1ccc(C=N[C@H]2CS(=O)(=O)C[C@@H]2NC(=O)C(Cl)(Cl)Cl)cc1. The van der Waals surface area contributed by atoms with Crippen LogP contribution in [0.5, 0.6) is 5.75 Å². The highest BCUT2D eigenvalue weighted by atomic mass is 35.6. The lowest BCUT2D eigenvalue weighted by Gasteiger charge is -2.19. The summed E-state index contributed by atoms with van der Waals surface area (Å²) in [6, 6.07) is 5.69. The van der Waals surface area contributed by atoms with Gasteiger partial charge in [0.25, 0.3) is 9.70 Å². The fourth-order valence-corrected chi connectivity index (χ4v) is 4.23. The summed E-state index contributed by atoms with van der Waals surface area (Å²) in [6.07, 6.45) is 1.54. The summed E-state index contributed by atoms with van der Waals surface area (Å²) in [5.41, 5.74) is 0.770. The number of hydrogen-bond donors (Lipinski definition) is 1. The van der Waals surface area contributed by atoms with E-state index in [2.05, 4.69) is 10.3 Å². The number of carbonyl (C=O) groups excluding carboxylic acids is 1. The van der Waals surface area contributed by atoms with Gasteiger partial charge in [0.05, 0.1) is 30.7 Å². The zero-order valence-electron chi connectivity index (χ0n) is 12.6. The van der Waals surface area contributed by atoms with Crippen LogP contribution >= 0.6 is 34.8 Å². The molecule has 0 unspecified atom stereocenters. The number of alkyl halides is 3. The number of amides is 1. The monoisotopic (exact) mass is 412 g/mol. The molecule has 1 aliphatic heterocycles. The van der Waals surface area contributed by atoms with Crippen molar-refractivity contribution in [1.29, 1.82) is 0 Å². The van der Waals surface area contributed by atoms with Crippen molar-refractivity contribution in [2.75, 3.05) is 18.6 Å². The highest BCUT2D eigenvalue weighted by molar-refractivity contribution is 7.91. The molecule has 10 heteroatoms. The van der Waals surface area contributed by atoms with E-state index in [1.165, 1.54) is 0 Å². The lowest BCUT2D eigenvalue weighted by atomic mass is 10.1. The number of carbonyl (C=O) groups is 1. The third-order valence-electron chi connectivity index (χ3n) is 3.43. The van der Waals surface area contributed by atoms with Crippen LogP contribution in [-0.2, 0) is 14.6 Å². The number of ether oxygens (including phenoxy) is 1. The Bertz CT molecular complexity index is 729.